The predicted octanol–water partition coefficient (Wildman–Crippen LogP) is 5.17. The molecule has 0 fully saturated rings. The monoisotopic (exact) mass is 493 g/mol. The second kappa shape index (κ2) is 10.3. The lowest BCUT2D eigenvalue weighted by atomic mass is 10.0. The minimum absolute atomic E-state index is 0.140. The molecule has 0 spiro atoms. The van der Waals surface area contributed by atoms with Gasteiger partial charge >= 0.3 is 0 Å². The molecule has 35 heavy (non-hydrogen) atoms. The molecule has 4 aromatic rings. The number of amides is 1. The van der Waals surface area contributed by atoms with Gasteiger partial charge in [-0.25, -0.2) is 5.01 Å². The van der Waals surface area contributed by atoms with Crippen LogP contribution in [0.1, 0.15) is 43.0 Å². The fraction of sp³-hybridized carbons (Fsp3) is 0.280. The van der Waals surface area contributed by atoms with E-state index in [9.17, 15) is 4.79 Å². The van der Waals surface area contributed by atoms with Gasteiger partial charge in [-0.3, -0.25) is 9.69 Å². The van der Waals surface area contributed by atoms with Crippen LogP contribution in [0.4, 0.5) is 0 Å². The molecular weight excluding hydrogens is 470 g/mol. The highest BCUT2D eigenvalue weighted by Gasteiger charge is 2.35. The normalized spacial score (nSPS) is 15.7. The van der Waals surface area contributed by atoms with E-state index in [4.69, 9.17) is 30.0 Å². The zero-order valence-corrected chi connectivity index (χ0v) is 19.9. The van der Waals surface area contributed by atoms with Crippen LogP contribution in [-0.4, -0.2) is 44.8 Å². The molecule has 10 heteroatoms. The highest BCUT2D eigenvalue weighted by Crippen LogP contribution is 2.33. The van der Waals surface area contributed by atoms with E-state index >= 15 is 0 Å². The molecule has 0 N–H and O–H groups in total. The van der Waals surface area contributed by atoms with E-state index in [1.54, 1.807) is 24.7 Å². The number of aromatic nitrogens is 2. The van der Waals surface area contributed by atoms with Crippen molar-refractivity contribution in [1.29, 1.82) is 0 Å². The van der Waals surface area contributed by atoms with Gasteiger partial charge in [0.15, 0.2) is 5.76 Å². The summed E-state index contributed by atoms with van der Waals surface area (Å²) in [5.74, 6) is 1.77. The molecule has 9 nitrogen and oxygen atoms in total. The molecule has 0 saturated heterocycles. The maximum atomic E-state index is 13.5. The Labute approximate surface area is 207 Å². The predicted molar refractivity (Wildman–Crippen MR) is 128 cm³/mol. The molecule has 0 radical (unpaired) electrons. The van der Waals surface area contributed by atoms with E-state index in [0.717, 1.165) is 17.7 Å². The number of benzene rings is 1. The SMILES string of the molecule is CCCN(CC(=O)N1N=C(c2ccc(Cl)cc2)C[C@H]1c1ccco1)Cc1nnc(-c2ccco2)o1. The third kappa shape index (κ3) is 5.21. The summed E-state index contributed by atoms with van der Waals surface area (Å²) in [4.78, 5) is 15.5. The van der Waals surface area contributed by atoms with Crippen molar-refractivity contribution in [3.8, 4) is 11.7 Å². The standard InChI is InChI=1S/C25H24ClN5O4/c1-2-11-30(15-23-27-28-25(35-23)22-6-4-13-34-22)16-24(32)31-20(21-5-3-12-33-21)14-19(29-31)17-7-9-18(26)10-8-17/h3-10,12-13,20H,2,11,14-16H2,1H3/t20-/m0/s1. The fourth-order valence-corrected chi connectivity index (χ4v) is 4.19. The quantitative estimate of drug-likeness (QED) is 0.317. The third-order valence-corrected chi connectivity index (χ3v) is 5.92. The zero-order chi connectivity index (χ0) is 24.2. The second-order valence-corrected chi connectivity index (χ2v) is 8.65. The van der Waals surface area contributed by atoms with Gasteiger partial charge in [0.1, 0.15) is 11.8 Å². The van der Waals surface area contributed by atoms with E-state index in [2.05, 4.69) is 17.1 Å². The Morgan fingerprint density at radius 2 is 1.91 bits per heavy atom. The lowest BCUT2D eigenvalue weighted by molar-refractivity contribution is -0.134. The minimum atomic E-state index is -0.319. The number of hydrogen-bond acceptors (Lipinski definition) is 8. The van der Waals surface area contributed by atoms with Crippen LogP contribution < -0.4 is 0 Å². The van der Waals surface area contributed by atoms with E-state index < -0.39 is 0 Å². The van der Waals surface area contributed by atoms with Crippen molar-refractivity contribution >= 4 is 23.2 Å². The second-order valence-electron chi connectivity index (χ2n) is 8.22. The topological polar surface area (TPSA) is 101 Å². The molecule has 3 aromatic heterocycles. The molecule has 0 unspecified atom stereocenters. The number of hydrazone groups is 1. The van der Waals surface area contributed by atoms with Gasteiger partial charge in [-0.05, 0) is 54.9 Å². The molecule has 4 heterocycles. The fourth-order valence-electron chi connectivity index (χ4n) is 4.06. The van der Waals surface area contributed by atoms with Crippen molar-refractivity contribution in [3.63, 3.8) is 0 Å². The number of hydrogen-bond donors (Lipinski definition) is 0. The molecule has 1 aliphatic heterocycles. The van der Waals surface area contributed by atoms with Crippen molar-refractivity contribution in [2.24, 2.45) is 5.10 Å². The number of rotatable bonds is 9. The Bertz CT molecular complexity index is 1280. The Morgan fingerprint density at radius 1 is 1.11 bits per heavy atom. The van der Waals surface area contributed by atoms with Crippen LogP contribution in [0, 0.1) is 0 Å². The number of furan rings is 2. The van der Waals surface area contributed by atoms with Gasteiger partial charge in [-0.15, -0.1) is 10.2 Å². The van der Waals surface area contributed by atoms with E-state index in [0.29, 0.717) is 47.8 Å². The van der Waals surface area contributed by atoms with E-state index in [1.807, 2.05) is 41.3 Å². The van der Waals surface area contributed by atoms with Crippen LogP contribution in [0.5, 0.6) is 0 Å². The van der Waals surface area contributed by atoms with Crippen LogP contribution >= 0.6 is 11.6 Å². The lowest BCUT2D eigenvalue weighted by Crippen LogP contribution is -2.38. The van der Waals surface area contributed by atoms with E-state index in [1.165, 1.54) is 5.01 Å². The summed E-state index contributed by atoms with van der Waals surface area (Å²) < 4.78 is 16.7. The lowest BCUT2D eigenvalue weighted by Gasteiger charge is -2.24. The number of carbonyl (C=O) groups is 1. The van der Waals surface area contributed by atoms with Gasteiger partial charge in [-0.2, -0.15) is 5.10 Å². The average molecular weight is 494 g/mol. The molecule has 1 aliphatic rings. The van der Waals surface area contributed by atoms with Gasteiger partial charge in [0.05, 0.1) is 31.3 Å². The van der Waals surface area contributed by atoms with Crippen LogP contribution in [0.15, 0.2) is 79.4 Å². The first-order valence-electron chi connectivity index (χ1n) is 11.4. The average Bonchev–Trinajstić information content (AvgIpc) is 3.66. The summed E-state index contributed by atoms with van der Waals surface area (Å²) in [5.41, 5.74) is 1.72. The van der Waals surface area contributed by atoms with Gasteiger partial charge in [0, 0.05) is 11.4 Å². The molecule has 180 valence electrons. The first-order chi connectivity index (χ1) is 17.1. The third-order valence-electron chi connectivity index (χ3n) is 5.67. The van der Waals surface area contributed by atoms with Crippen LogP contribution in [0.3, 0.4) is 0 Å². The van der Waals surface area contributed by atoms with Gasteiger partial charge < -0.3 is 13.3 Å². The van der Waals surface area contributed by atoms with Crippen molar-refractivity contribution in [3.05, 3.63) is 83.3 Å². The molecule has 1 amide bonds. The van der Waals surface area contributed by atoms with Crippen molar-refractivity contribution in [2.75, 3.05) is 13.1 Å². The summed E-state index contributed by atoms with van der Waals surface area (Å²) >= 11 is 6.04. The van der Waals surface area contributed by atoms with Crippen molar-refractivity contribution in [1.82, 2.24) is 20.1 Å². The van der Waals surface area contributed by atoms with Gasteiger partial charge in [-0.1, -0.05) is 30.7 Å². The smallest absolute Gasteiger partial charge is 0.283 e. The van der Waals surface area contributed by atoms with Gasteiger partial charge in [0.25, 0.3) is 11.8 Å². The Morgan fingerprint density at radius 3 is 2.63 bits per heavy atom. The highest BCUT2D eigenvalue weighted by molar-refractivity contribution is 6.30. The van der Waals surface area contributed by atoms with Crippen LogP contribution in [0.2, 0.25) is 5.02 Å². The summed E-state index contributed by atoms with van der Waals surface area (Å²) in [5, 5.41) is 15.0. The molecule has 1 atom stereocenters. The number of halogens is 1. The summed E-state index contributed by atoms with van der Waals surface area (Å²) in [6.07, 6.45) is 4.55. The molecule has 0 aliphatic carbocycles. The molecule has 0 bridgehead atoms. The largest absolute Gasteiger partial charge is 0.467 e. The Kier molecular flexibility index (Phi) is 6.78. The maximum Gasteiger partial charge on any atom is 0.283 e. The summed E-state index contributed by atoms with van der Waals surface area (Å²) in [7, 11) is 0. The molecule has 0 saturated carbocycles. The zero-order valence-electron chi connectivity index (χ0n) is 19.1. The van der Waals surface area contributed by atoms with Crippen molar-refractivity contribution < 1.29 is 18.0 Å². The van der Waals surface area contributed by atoms with Crippen LogP contribution in [0.25, 0.3) is 11.7 Å². The van der Waals surface area contributed by atoms with Crippen molar-refractivity contribution in [2.45, 2.75) is 32.4 Å². The first kappa shape index (κ1) is 23.1. The Hall–Kier alpha value is -3.69. The van der Waals surface area contributed by atoms with Crippen LogP contribution in [-0.2, 0) is 11.3 Å². The first-order valence-corrected chi connectivity index (χ1v) is 11.8. The number of nitrogens with zero attached hydrogens (tertiary/aromatic N) is 5. The Balaban J connectivity index is 1.34. The maximum absolute atomic E-state index is 13.5. The molecule has 1 aromatic carbocycles. The highest BCUT2D eigenvalue weighted by atomic mass is 35.5. The minimum Gasteiger partial charge on any atom is -0.467 e. The van der Waals surface area contributed by atoms with E-state index in [-0.39, 0.29) is 18.5 Å². The number of carbonyl (C=O) groups excluding carboxylic acids is 1. The summed E-state index contributed by atoms with van der Waals surface area (Å²) in [6.45, 7) is 3.20. The van der Waals surface area contributed by atoms with Gasteiger partial charge in [0.2, 0.25) is 5.89 Å². The summed E-state index contributed by atoms with van der Waals surface area (Å²) in [6, 6.07) is 14.3. The molecular formula is C25H24ClN5O4. The molecule has 5 rings (SSSR count).